The number of hydrogen-bond donors (Lipinski definition) is 0. The molecule has 1 aromatic carbocycles. The van der Waals surface area contributed by atoms with Gasteiger partial charge in [0.15, 0.2) is 0 Å². The van der Waals surface area contributed by atoms with Gasteiger partial charge < -0.3 is 4.74 Å². The van der Waals surface area contributed by atoms with Crippen molar-refractivity contribution < 1.29 is 13.9 Å². The maximum atomic E-state index is 13.4. The number of rotatable bonds is 12. The molecule has 124 valence electrons. The van der Waals surface area contributed by atoms with Crippen LogP contribution in [0.4, 0.5) is 4.39 Å². The molecule has 22 heavy (non-hydrogen) atoms. The van der Waals surface area contributed by atoms with Crippen molar-refractivity contribution in [1.29, 1.82) is 0 Å². The Morgan fingerprint density at radius 3 is 2.05 bits per heavy atom. The van der Waals surface area contributed by atoms with E-state index in [1.165, 1.54) is 63.5 Å². The van der Waals surface area contributed by atoms with E-state index >= 15 is 0 Å². The van der Waals surface area contributed by atoms with Crippen LogP contribution in [-0.2, 0) is 4.74 Å². The Balaban J connectivity index is 1.95. The predicted octanol–water partition coefficient (Wildman–Crippen LogP) is 5.90. The second kappa shape index (κ2) is 12.2. The molecule has 1 aromatic rings. The SMILES string of the molecule is CCCCCCCCCCCCOC(=O)c1ccccc1F. The molecule has 0 bridgehead atoms. The smallest absolute Gasteiger partial charge is 0.341 e. The molecule has 0 aromatic heterocycles. The van der Waals surface area contributed by atoms with Crippen molar-refractivity contribution in [2.75, 3.05) is 6.61 Å². The van der Waals surface area contributed by atoms with Crippen molar-refractivity contribution in [3.63, 3.8) is 0 Å². The lowest BCUT2D eigenvalue weighted by molar-refractivity contribution is 0.0492. The number of carbonyl (C=O) groups is 1. The van der Waals surface area contributed by atoms with E-state index in [9.17, 15) is 9.18 Å². The van der Waals surface area contributed by atoms with Crippen molar-refractivity contribution in [2.24, 2.45) is 0 Å². The molecule has 0 spiro atoms. The van der Waals surface area contributed by atoms with Gasteiger partial charge in [-0.15, -0.1) is 0 Å². The van der Waals surface area contributed by atoms with E-state index in [-0.39, 0.29) is 5.56 Å². The highest BCUT2D eigenvalue weighted by Crippen LogP contribution is 2.11. The summed E-state index contributed by atoms with van der Waals surface area (Å²) in [7, 11) is 0. The van der Waals surface area contributed by atoms with Gasteiger partial charge in [0, 0.05) is 0 Å². The second-order valence-electron chi connectivity index (χ2n) is 5.80. The summed E-state index contributed by atoms with van der Waals surface area (Å²) in [5.41, 5.74) is 0.0228. The fraction of sp³-hybridized carbons (Fsp3) is 0.632. The summed E-state index contributed by atoms with van der Waals surface area (Å²) < 4.78 is 18.5. The molecule has 2 nitrogen and oxygen atoms in total. The van der Waals surface area contributed by atoms with Crippen LogP contribution in [0.25, 0.3) is 0 Å². The van der Waals surface area contributed by atoms with E-state index in [0.29, 0.717) is 6.61 Å². The monoisotopic (exact) mass is 308 g/mol. The molecule has 0 amide bonds. The molecule has 0 aliphatic heterocycles. The average molecular weight is 308 g/mol. The molecule has 0 unspecified atom stereocenters. The van der Waals surface area contributed by atoms with E-state index in [1.54, 1.807) is 12.1 Å². The van der Waals surface area contributed by atoms with Gasteiger partial charge in [0.1, 0.15) is 5.82 Å². The third kappa shape index (κ3) is 8.16. The fourth-order valence-electron chi connectivity index (χ4n) is 2.46. The van der Waals surface area contributed by atoms with E-state index < -0.39 is 11.8 Å². The van der Waals surface area contributed by atoms with E-state index in [0.717, 1.165) is 12.8 Å². The van der Waals surface area contributed by atoms with Crippen LogP contribution in [0.2, 0.25) is 0 Å². The number of ether oxygens (including phenoxy) is 1. The number of benzene rings is 1. The normalized spacial score (nSPS) is 10.6. The lowest BCUT2D eigenvalue weighted by Gasteiger charge is -2.05. The molecule has 0 atom stereocenters. The molecule has 0 fully saturated rings. The maximum Gasteiger partial charge on any atom is 0.341 e. The van der Waals surface area contributed by atoms with Crippen molar-refractivity contribution in [3.8, 4) is 0 Å². The summed E-state index contributed by atoms with van der Waals surface area (Å²) in [4.78, 5) is 11.7. The Hall–Kier alpha value is -1.38. The molecule has 0 saturated carbocycles. The topological polar surface area (TPSA) is 26.3 Å². The van der Waals surface area contributed by atoms with E-state index in [2.05, 4.69) is 6.92 Å². The van der Waals surface area contributed by atoms with Gasteiger partial charge in [0.05, 0.1) is 12.2 Å². The molecule has 3 heteroatoms. The number of halogens is 1. The number of esters is 1. The molecule has 0 saturated heterocycles. The Kier molecular flexibility index (Phi) is 10.3. The summed E-state index contributed by atoms with van der Waals surface area (Å²) in [6.07, 6.45) is 12.4. The second-order valence-corrected chi connectivity index (χ2v) is 5.80. The quantitative estimate of drug-likeness (QED) is 0.355. The first-order chi connectivity index (χ1) is 10.8. The number of carbonyl (C=O) groups excluding carboxylic acids is 1. The third-order valence-electron chi connectivity index (χ3n) is 3.82. The van der Waals surface area contributed by atoms with Gasteiger partial charge in [-0.1, -0.05) is 76.8 Å². The van der Waals surface area contributed by atoms with E-state index in [4.69, 9.17) is 4.74 Å². The van der Waals surface area contributed by atoms with Crippen molar-refractivity contribution in [3.05, 3.63) is 35.6 Å². The molecule has 0 radical (unpaired) electrons. The van der Waals surface area contributed by atoms with Crippen LogP contribution in [0, 0.1) is 5.82 Å². The summed E-state index contributed by atoms with van der Waals surface area (Å²) in [6, 6.07) is 5.93. The highest BCUT2D eigenvalue weighted by atomic mass is 19.1. The minimum atomic E-state index is -0.561. The maximum absolute atomic E-state index is 13.4. The summed E-state index contributed by atoms with van der Waals surface area (Å²) in [5, 5.41) is 0. The van der Waals surface area contributed by atoms with Crippen molar-refractivity contribution in [2.45, 2.75) is 71.1 Å². The minimum Gasteiger partial charge on any atom is -0.462 e. The van der Waals surface area contributed by atoms with Crippen LogP contribution in [0.5, 0.6) is 0 Å². The van der Waals surface area contributed by atoms with Crippen LogP contribution in [0.1, 0.15) is 81.5 Å². The van der Waals surface area contributed by atoms with Gasteiger partial charge in [-0.3, -0.25) is 0 Å². The van der Waals surface area contributed by atoms with Gasteiger partial charge in [0.2, 0.25) is 0 Å². The van der Waals surface area contributed by atoms with Gasteiger partial charge in [-0.25, -0.2) is 9.18 Å². The highest BCUT2D eigenvalue weighted by Gasteiger charge is 2.11. The molecule has 0 N–H and O–H groups in total. The largest absolute Gasteiger partial charge is 0.462 e. The molecule has 0 aliphatic rings. The lowest BCUT2D eigenvalue weighted by atomic mass is 10.1. The molecular weight excluding hydrogens is 279 g/mol. The first-order valence-corrected chi connectivity index (χ1v) is 8.67. The van der Waals surface area contributed by atoms with Crippen LogP contribution in [0.3, 0.4) is 0 Å². The highest BCUT2D eigenvalue weighted by molar-refractivity contribution is 5.89. The zero-order valence-electron chi connectivity index (χ0n) is 13.8. The van der Waals surface area contributed by atoms with Crippen LogP contribution in [-0.4, -0.2) is 12.6 Å². The van der Waals surface area contributed by atoms with Gasteiger partial charge in [-0.2, -0.15) is 0 Å². The number of unbranched alkanes of at least 4 members (excludes halogenated alkanes) is 9. The molecule has 0 heterocycles. The van der Waals surface area contributed by atoms with Crippen molar-refractivity contribution >= 4 is 5.97 Å². The Morgan fingerprint density at radius 1 is 0.909 bits per heavy atom. The summed E-state index contributed by atoms with van der Waals surface area (Å²) >= 11 is 0. The minimum absolute atomic E-state index is 0.0228. The summed E-state index contributed by atoms with van der Waals surface area (Å²) in [6.45, 7) is 2.61. The van der Waals surface area contributed by atoms with Gasteiger partial charge in [0.25, 0.3) is 0 Å². The van der Waals surface area contributed by atoms with Crippen molar-refractivity contribution in [1.82, 2.24) is 0 Å². The van der Waals surface area contributed by atoms with E-state index in [1.807, 2.05) is 0 Å². The number of hydrogen-bond acceptors (Lipinski definition) is 2. The average Bonchev–Trinajstić information content (AvgIpc) is 2.53. The summed E-state index contributed by atoms with van der Waals surface area (Å²) in [5.74, 6) is -1.08. The van der Waals surface area contributed by atoms with Gasteiger partial charge >= 0.3 is 5.97 Å². The lowest BCUT2D eigenvalue weighted by Crippen LogP contribution is -2.08. The Bertz CT molecular complexity index is 418. The molecule has 0 aliphatic carbocycles. The fourth-order valence-corrected chi connectivity index (χ4v) is 2.46. The third-order valence-corrected chi connectivity index (χ3v) is 3.82. The van der Waals surface area contributed by atoms with Crippen LogP contribution >= 0.6 is 0 Å². The zero-order chi connectivity index (χ0) is 16.0. The Labute approximate surface area is 134 Å². The first kappa shape index (κ1) is 18.7. The predicted molar refractivity (Wildman–Crippen MR) is 88.5 cm³/mol. The molecule has 1 rings (SSSR count). The Morgan fingerprint density at radius 2 is 1.45 bits per heavy atom. The molecular formula is C19H29FO2. The zero-order valence-corrected chi connectivity index (χ0v) is 13.8. The van der Waals surface area contributed by atoms with Gasteiger partial charge in [-0.05, 0) is 18.6 Å². The first-order valence-electron chi connectivity index (χ1n) is 8.67. The standard InChI is InChI=1S/C19H29FO2/c1-2-3-4-5-6-7-8-9-10-13-16-22-19(21)17-14-11-12-15-18(17)20/h11-12,14-15H,2-10,13,16H2,1H3. The van der Waals surface area contributed by atoms with Crippen LogP contribution in [0.15, 0.2) is 24.3 Å². The van der Waals surface area contributed by atoms with Crippen LogP contribution < -0.4 is 0 Å².